The Morgan fingerprint density at radius 2 is 1.17 bits per heavy atom. The van der Waals surface area contributed by atoms with E-state index in [2.05, 4.69) is 184 Å². The van der Waals surface area contributed by atoms with E-state index in [0.717, 1.165) is 73.4 Å². The van der Waals surface area contributed by atoms with Gasteiger partial charge >= 0.3 is 0 Å². The number of benzene rings is 7. The summed E-state index contributed by atoms with van der Waals surface area (Å²) >= 11 is 0. The molecular weight excluding hydrogens is 785 g/mol. The molecule has 0 atom stereocenters. The zero-order chi connectivity index (χ0) is 41.9. The minimum atomic E-state index is -0.0175. The van der Waals surface area contributed by atoms with E-state index in [4.69, 9.17) is 14.1 Å². The molecule has 0 saturated heterocycles. The van der Waals surface area contributed by atoms with Gasteiger partial charge in [-0.15, -0.1) is 0 Å². The fourth-order valence-corrected chi connectivity index (χ4v) is 13.2. The molecule has 4 bridgehead atoms. The van der Waals surface area contributed by atoms with E-state index in [0.29, 0.717) is 24.3 Å². The molecule has 6 nitrogen and oxygen atoms in total. The van der Waals surface area contributed by atoms with Gasteiger partial charge in [-0.3, -0.25) is 4.57 Å². The maximum absolute atomic E-state index is 7.11. The van der Waals surface area contributed by atoms with Gasteiger partial charge in [0, 0.05) is 56.7 Å². The Labute approximate surface area is 372 Å². The first kappa shape index (κ1) is 36.2. The number of ether oxygens (including phenoxy) is 1. The van der Waals surface area contributed by atoms with Crippen LogP contribution >= 0.6 is 0 Å². The Bertz CT molecular complexity index is 3420. The lowest BCUT2D eigenvalue weighted by Gasteiger charge is -2.62. The molecule has 0 radical (unpaired) electrons. The van der Waals surface area contributed by atoms with Crippen molar-refractivity contribution < 1.29 is 9.15 Å². The highest BCUT2D eigenvalue weighted by Crippen LogP contribution is 2.65. The second-order valence-electron chi connectivity index (χ2n) is 18.8. The smallest absolute Gasteiger partial charge is 0.178 e. The van der Waals surface area contributed by atoms with Crippen LogP contribution in [-0.4, -0.2) is 16.2 Å². The van der Waals surface area contributed by atoms with Crippen LogP contribution in [0.4, 0.5) is 22.7 Å². The maximum atomic E-state index is 7.11. The van der Waals surface area contributed by atoms with Crippen LogP contribution in [0.15, 0.2) is 187 Å². The molecule has 10 aromatic rings. The van der Waals surface area contributed by atoms with Crippen LogP contribution in [0.25, 0.3) is 49.6 Å². The third-order valence-electron chi connectivity index (χ3n) is 15.6. The summed E-state index contributed by atoms with van der Waals surface area (Å²) in [5.41, 5.74) is 11.1. The lowest BCUT2D eigenvalue weighted by Crippen LogP contribution is -2.56. The Kier molecular flexibility index (Phi) is 7.83. The van der Waals surface area contributed by atoms with Crippen LogP contribution in [0.1, 0.15) is 43.2 Å². The standard InChI is InChI=1S/C58H46N4O2/c1-3-13-39(14-4-1)58(41-28-37-27-38(30-41)31-42(58)29-37)40-25-26-59-56(32-40)62-50-19-9-7-17-46(50)47-24-23-45(35-53(47)62)63-55-34-44(33-49-48-18-8-12-22-54(48)64-57(49)55)61-36-60(43-15-5-2-6-16-43)51-20-10-11-21-52(51)61/h1-26,32-35,37-38,41-42H,27-31,36H2. The van der Waals surface area contributed by atoms with Crippen molar-refractivity contribution in [2.45, 2.75) is 37.5 Å². The average Bonchev–Trinajstić information content (AvgIpc) is 4.02. The molecule has 5 aliphatic rings. The molecule has 4 aliphatic carbocycles. The van der Waals surface area contributed by atoms with Crippen LogP contribution in [0.3, 0.4) is 0 Å². The topological polar surface area (TPSA) is 46.7 Å². The number of fused-ring (bicyclic) bond motifs is 7. The second kappa shape index (κ2) is 13.8. The molecule has 0 spiro atoms. The molecular formula is C58H46N4O2. The highest BCUT2D eigenvalue weighted by molar-refractivity contribution is 6.10. The van der Waals surface area contributed by atoms with Gasteiger partial charge in [0.05, 0.1) is 22.4 Å². The van der Waals surface area contributed by atoms with Crippen LogP contribution in [0.5, 0.6) is 11.5 Å². The van der Waals surface area contributed by atoms with Gasteiger partial charge in [-0.1, -0.05) is 97.1 Å². The van der Waals surface area contributed by atoms with Crippen LogP contribution < -0.4 is 14.5 Å². The number of pyridine rings is 1. The zero-order valence-electron chi connectivity index (χ0n) is 35.5. The average molecular weight is 831 g/mol. The zero-order valence-corrected chi connectivity index (χ0v) is 35.5. The predicted molar refractivity (Wildman–Crippen MR) is 259 cm³/mol. The van der Waals surface area contributed by atoms with Crippen molar-refractivity contribution >= 4 is 66.5 Å². The number of para-hydroxylation sites is 5. The number of furan rings is 1. The summed E-state index contributed by atoms with van der Waals surface area (Å²) < 4.78 is 16.1. The molecule has 6 heteroatoms. The van der Waals surface area contributed by atoms with Crippen molar-refractivity contribution in [1.29, 1.82) is 0 Å². The summed E-state index contributed by atoms with van der Waals surface area (Å²) in [5.74, 6) is 5.37. The first-order chi connectivity index (χ1) is 31.7. The van der Waals surface area contributed by atoms with Gasteiger partial charge in [-0.2, -0.15) is 0 Å². The quantitative estimate of drug-likeness (QED) is 0.160. The highest BCUT2D eigenvalue weighted by Gasteiger charge is 2.58. The van der Waals surface area contributed by atoms with E-state index in [1.807, 2.05) is 12.1 Å². The molecule has 15 rings (SSSR count). The van der Waals surface area contributed by atoms with Gasteiger partial charge < -0.3 is 19.0 Å². The molecule has 0 N–H and O–H groups in total. The Morgan fingerprint density at radius 1 is 0.516 bits per heavy atom. The summed E-state index contributed by atoms with van der Waals surface area (Å²) in [6.45, 7) is 0.663. The number of hydrogen-bond donors (Lipinski definition) is 0. The van der Waals surface area contributed by atoms with Crippen molar-refractivity contribution in [2.24, 2.45) is 23.7 Å². The van der Waals surface area contributed by atoms with Crippen LogP contribution in [0.2, 0.25) is 0 Å². The number of anilines is 4. The molecule has 310 valence electrons. The van der Waals surface area contributed by atoms with Crippen LogP contribution in [0, 0.1) is 23.7 Å². The first-order valence-electron chi connectivity index (χ1n) is 23.1. The molecule has 7 aromatic carbocycles. The Hall–Kier alpha value is -7.31. The summed E-state index contributed by atoms with van der Waals surface area (Å²) in [6.07, 6.45) is 8.79. The largest absolute Gasteiger partial charge is 0.453 e. The van der Waals surface area contributed by atoms with E-state index in [9.17, 15) is 0 Å². The third-order valence-corrected chi connectivity index (χ3v) is 15.6. The van der Waals surface area contributed by atoms with Gasteiger partial charge in [-0.25, -0.2) is 4.98 Å². The van der Waals surface area contributed by atoms with Gasteiger partial charge in [0.25, 0.3) is 0 Å². The molecule has 64 heavy (non-hydrogen) atoms. The van der Waals surface area contributed by atoms with Crippen molar-refractivity contribution in [1.82, 2.24) is 9.55 Å². The molecule has 0 amide bonds. The van der Waals surface area contributed by atoms with Crippen molar-refractivity contribution in [3.05, 3.63) is 193 Å². The van der Waals surface area contributed by atoms with Gasteiger partial charge in [0.15, 0.2) is 11.3 Å². The summed E-state index contributed by atoms with van der Waals surface area (Å²) in [6, 6.07) is 63.4. The lowest BCUT2D eigenvalue weighted by molar-refractivity contribution is -0.0418. The van der Waals surface area contributed by atoms with Crippen molar-refractivity contribution in [3.8, 4) is 17.3 Å². The minimum absolute atomic E-state index is 0.0175. The van der Waals surface area contributed by atoms with E-state index >= 15 is 0 Å². The molecule has 3 aromatic heterocycles. The predicted octanol–water partition coefficient (Wildman–Crippen LogP) is 14.9. The third kappa shape index (κ3) is 5.29. The van der Waals surface area contributed by atoms with Gasteiger partial charge in [0.2, 0.25) is 0 Å². The molecule has 0 unspecified atom stereocenters. The number of hydrogen-bond acceptors (Lipinski definition) is 5. The maximum Gasteiger partial charge on any atom is 0.178 e. The summed E-state index contributed by atoms with van der Waals surface area (Å²) in [4.78, 5) is 9.94. The fraction of sp³-hybridized carbons (Fsp3) is 0.190. The normalized spacial score (nSPS) is 22.3. The monoisotopic (exact) mass is 830 g/mol. The van der Waals surface area contributed by atoms with Gasteiger partial charge in [-0.05, 0) is 134 Å². The summed E-state index contributed by atoms with van der Waals surface area (Å²) in [7, 11) is 0. The van der Waals surface area contributed by atoms with Crippen molar-refractivity contribution in [2.75, 3.05) is 16.5 Å². The van der Waals surface area contributed by atoms with E-state index in [1.54, 1.807) is 0 Å². The number of nitrogens with zero attached hydrogens (tertiary/aromatic N) is 4. The van der Waals surface area contributed by atoms with Crippen molar-refractivity contribution in [3.63, 3.8) is 0 Å². The first-order valence-corrected chi connectivity index (χ1v) is 23.1. The number of rotatable bonds is 7. The Balaban J connectivity index is 0.913. The molecule has 4 saturated carbocycles. The van der Waals surface area contributed by atoms with E-state index in [1.165, 1.54) is 59.7 Å². The minimum Gasteiger partial charge on any atom is -0.453 e. The SMILES string of the molecule is c1ccc(N2CN(c3cc(Oc4ccc5c6ccccc6n(-c6cc(C7(c8ccccc8)C8CC9CC(C8)CC7C9)ccn6)c5c4)c4oc5ccccc5c4c3)c3ccccc32)cc1. The van der Waals surface area contributed by atoms with Crippen LogP contribution in [-0.2, 0) is 5.41 Å². The number of aromatic nitrogens is 2. The molecule has 1 aliphatic heterocycles. The molecule has 4 heterocycles. The molecule has 4 fully saturated rings. The van der Waals surface area contributed by atoms with E-state index in [-0.39, 0.29) is 5.41 Å². The summed E-state index contributed by atoms with van der Waals surface area (Å²) in [5, 5.41) is 4.44. The van der Waals surface area contributed by atoms with E-state index < -0.39 is 0 Å². The Morgan fingerprint density at radius 3 is 1.95 bits per heavy atom. The fourth-order valence-electron chi connectivity index (χ4n) is 13.2. The second-order valence-corrected chi connectivity index (χ2v) is 18.8. The van der Waals surface area contributed by atoms with Gasteiger partial charge in [0.1, 0.15) is 23.8 Å². The lowest BCUT2D eigenvalue weighted by atomic mass is 9.42. The highest BCUT2D eigenvalue weighted by atomic mass is 16.5.